The molecule has 2 amide bonds. The summed E-state index contributed by atoms with van der Waals surface area (Å²) in [5.41, 5.74) is 7.58. The number of nitrogens with two attached hydrogens (primary N) is 1. The Bertz CT molecular complexity index is 1190. The highest BCUT2D eigenvalue weighted by Crippen LogP contribution is 2.31. The van der Waals surface area contributed by atoms with Gasteiger partial charge in [0, 0.05) is 23.7 Å². The van der Waals surface area contributed by atoms with E-state index in [1.54, 1.807) is 11.4 Å². The Morgan fingerprint density at radius 1 is 1.15 bits per heavy atom. The molecule has 2 heterocycles. The molecule has 0 fully saturated rings. The van der Waals surface area contributed by atoms with Crippen LogP contribution in [0.1, 0.15) is 57.5 Å². The number of primary amides is 1. The SMILES string of the molecule is C[C@@H](Nc1c(C(N)=O)cnn2cc(-c3cccc(CNC(=O)C(C)(C)C)c3)cc12)C(C)(C)F. The van der Waals surface area contributed by atoms with Gasteiger partial charge in [0.1, 0.15) is 5.67 Å². The number of anilines is 1. The van der Waals surface area contributed by atoms with Gasteiger partial charge in [-0.1, -0.05) is 39.0 Å². The standard InChI is InChI=1S/C25H32FN5O2/c1-15(25(5,6)26)30-21-19(22(27)32)13-29-31-14-18(11-20(21)31)17-9-7-8-16(10-17)12-28-23(33)24(2,3)4/h7-11,13-15,30H,12H2,1-6H3,(H2,27,32)(H,28,33)/t15-/m1/s1. The Balaban J connectivity index is 1.98. The predicted molar refractivity (Wildman–Crippen MR) is 129 cm³/mol. The molecule has 0 bridgehead atoms. The lowest BCUT2D eigenvalue weighted by Gasteiger charge is -2.26. The van der Waals surface area contributed by atoms with Gasteiger partial charge in [-0.15, -0.1) is 0 Å². The number of hydrogen-bond donors (Lipinski definition) is 3. The van der Waals surface area contributed by atoms with Crippen LogP contribution in [0.2, 0.25) is 0 Å². The number of aromatic nitrogens is 2. The van der Waals surface area contributed by atoms with Gasteiger partial charge in [0.15, 0.2) is 0 Å². The molecule has 1 aromatic carbocycles. The van der Waals surface area contributed by atoms with E-state index in [9.17, 15) is 14.0 Å². The Hall–Kier alpha value is -3.42. The van der Waals surface area contributed by atoms with Crippen molar-refractivity contribution in [1.29, 1.82) is 0 Å². The fourth-order valence-electron chi connectivity index (χ4n) is 3.25. The van der Waals surface area contributed by atoms with E-state index >= 15 is 0 Å². The molecule has 0 aliphatic heterocycles. The van der Waals surface area contributed by atoms with Crippen LogP contribution in [0.15, 0.2) is 42.7 Å². The van der Waals surface area contributed by atoms with Crippen molar-refractivity contribution in [3.05, 3.63) is 53.9 Å². The molecule has 1 atom stereocenters. The lowest BCUT2D eigenvalue weighted by molar-refractivity contribution is -0.128. The van der Waals surface area contributed by atoms with Gasteiger partial charge in [-0.25, -0.2) is 8.91 Å². The van der Waals surface area contributed by atoms with Gasteiger partial charge in [0.2, 0.25) is 5.91 Å². The fourth-order valence-corrected chi connectivity index (χ4v) is 3.25. The third-order valence-electron chi connectivity index (χ3n) is 5.69. The van der Waals surface area contributed by atoms with Crippen molar-refractivity contribution in [3.8, 4) is 11.1 Å². The van der Waals surface area contributed by atoms with Crippen LogP contribution in [0.5, 0.6) is 0 Å². The van der Waals surface area contributed by atoms with Crippen molar-refractivity contribution in [1.82, 2.24) is 14.9 Å². The van der Waals surface area contributed by atoms with Crippen LogP contribution in [0, 0.1) is 5.41 Å². The number of carbonyl (C=O) groups excluding carboxylic acids is 2. The van der Waals surface area contributed by atoms with Crippen molar-refractivity contribution in [2.75, 3.05) is 5.32 Å². The average molecular weight is 454 g/mol. The number of alkyl halides is 1. The third kappa shape index (κ3) is 5.50. The summed E-state index contributed by atoms with van der Waals surface area (Å²) in [5.74, 6) is -0.665. The van der Waals surface area contributed by atoms with Crippen LogP contribution in [-0.2, 0) is 11.3 Å². The number of halogens is 1. The molecule has 0 aliphatic rings. The molecule has 0 unspecified atom stereocenters. The van der Waals surface area contributed by atoms with Gasteiger partial charge in [-0.3, -0.25) is 9.59 Å². The second-order valence-electron chi connectivity index (χ2n) is 9.92. The van der Waals surface area contributed by atoms with Crippen molar-refractivity contribution in [3.63, 3.8) is 0 Å². The second kappa shape index (κ2) is 8.84. The van der Waals surface area contributed by atoms with Crippen molar-refractivity contribution < 1.29 is 14.0 Å². The molecule has 0 radical (unpaired) electrons. The van der Waals surface area contributed by atoms with E-state index in [4.69, 9.17) is 5.73 Å². The topological polar surface area (TPSA) is 102 Å². The first-order chi connectivity index (χ1) is 15.3. The number of hydrogen-bond acceptors (Lipinski definition) is 4. The summed E-state index contributed by atoms with van der Waals surface area (Å²) in [6, 6.07) is 9.13. The summed E-state index contributed by atoms with van der Waals surface area (Å²) in [6.45, 7) is 10.7. The summed E-state index contributed by atoms with van der Waals surface area (Å²) in [6.07, 6.45) is 3.22. The normalized spacial score (nSPS) is 13.1. The zero-order valence-electron chi connectivity index (χ0n) is 20.0. The van der Waals surface area contributed by atoms with Gasteiger partial charge in [0.25, 0.3) is 5.91 Å². The summed E-state index contributed by atoms with van der Waals surface area (Å²) in [7, 11) is 0. The first-order valence-corrected chi connectivity index (χ1v) is 10.9. The van der Waals surface area contributed by atoms with Crippen LogP contribution >= 0.6 is 0 Å². The maximum Gasteiger partial charge on any atom is 0.252 e. The minimum absolute atomic E-state index is 0.0219. The highest BCUT2D eigenvalue weighted by atomic mass is 19.1. The van der Waals surface area contributed by atoms with E-state index < -0.39 is 23.0 Å². The van der Waals surface area contributed by atoms with E-state index in [-0.39, 0.29) is 11.5 Å². The molecule has 2 aromatic heterocycles. The number of benzene rings is 1. The number of amides is 2. The molecule has 0 saturated carbocycles. The first-order valence-electron chi connectivity index (χ1n) is 10.9. The van der Waals surface area contributed by atoms with E-state index in [1.165, 1.54) is 20.0 Å². The van der Waals surface area contributed by atoms with Crippen molar-refractivity contribution in [2.24, 2.45) is 11.1 Å². The number of nitrogens with one attached hydrogen (secondary N) is 2. The summed E-state index contributed by atoms with van der Waals surface area (Å²) in [5, 5.41) is 10.4. The molecule has 3 aromatic rings. The number of nitrogens with zero attached hydrogens (tertiary/aromatic N) is 2. The molecule has 0 saturated heterocycles. The van der Waals surface area contributed by atoms with Crippen LogP contribution in [0.4, 0.5) is 10.1 Å². The Morgan fingerprint density at radius 3 is 2.45 bits per heavy atom. The Labute approximate surface area is 193 Å². The van der Waals surface area contributed by atoms with Crippen LogP contribution in [0.25, 0.3) is 16.6 Å². The van der Waals surface area contributed by atoms with Gasteiger partial charge >= 0.3 is 0 Å². The molecular formula is C25H32FN5O2. The highest BCUT2D eigenvalue weighted by Gasteiger charge is 2.27. The quantitative estimate of drug-likeness (QED) is 0.496. The molecule has 3 rings (SSSR count). The van der Waals surface area contributed by atoms with Crippen LogP contribution in [-0.4, -0.2) is 33.1 Å². The fraction of sp³-hybridized carbons (Fsp3) is 0.400. The van der Waals surface area contributed by atoms with Crippen molar-refractivity contribution in [2.45, 2.75) is 59.8 Å². The zero-order valence-corrected chi connectivity index (χ0v) is 20.0. The maximum absolute atomic E-state index is 14.5. The minimum Gasteiger partial charge on any atom is -0.377 e. The largest absolute Gasteiger partial charge is 0.377 e. The molecule has 8 heteroatoms. The van der Waals surface area contributed by atoms with Crippen LogP contribution < -0.4 is 16.4 Å². The molecule has 0 aliphatic carbocycles. The lowest BCUT2D eigenvalue weighted by Crippen LogP contribution is -2.36. The number of fused-ring (bicyclic) bond motifs is 1. The molecule has 0 spiro atoms. The summed E-state index contributed by atoms with van der Waals surface area (Å²) >= 11 is 0. The summed E-state index contributed by atoms with van der Waals surface area (Å²) in [4.78, 5) is 24.2. The zero-order chi connectivity index (χ0) is 24.6. The number of carbonyl (C=O) groups is 2. The van der Waals surface area contributed by atoms with E-state index in [2.05, 4.69) is 15.7 Å². The Morgan fingerprint density at radius 2 is 1.85 bits per heavy atom. The molecular weight excluding hydrogens is 421 g/mol. The lowest BCUT2D eigenvalue weighted by atomic mass is 9.95. The third-order valence-corrected chi connectivity index (χ3v) is 5.69. The van der Waals surface area contributed by atoms with E-state index in [0.717, 1.165) is 16.7 Å². The van der Waals surface area contributed by atoms with Gasteiger partial charge in [-0.2, -0.15) is 5.10 Å². The average Bonchev–Trinajstić information content (AvgIpc) is 3.15. The van der Waals surface area contributed by atoms with Gasteiger partial charge in [-0.05, 0) is 44.0 Å². The summed E-state index contributed by atoms with van der Waals surface area (Å²) < 4.78 is 16.1. The van der Waals surface area contributed by atoms with E-state index in [1.807, 2.05) is 57.3 Å². The molecule has 176 valence electrons. The van der Waals surface area contributed by atoms with Crippen molar-refractivity contribution >= 4 is 23.0 Å². The highest BCUT2D eigenvalue weighted by molar-refractivity contribution is 6.02. The predicted octanol–water partition coefficient (Wildman–Crippen LogP) is 4.31. The number of rotatable bonds is 7. The minimum atomic E-state index is -1.52. The molecule has 7 nitrogen and oxygen atoms in total. The molecule has 4 N–H and O–H groups in total. The maximum atomic E-state index is 14.5. The monoisotopic (exact) mass is 453 g/mol. The first kappa shape index (κ1) is 24.2. The smallest absolute Gasteiger partial charge is 0.252 e. The molecule has 33 heavy (non-hydrogen) atoms. The van der Waals surface area contributed by atoms with Gasteiger partial charge in [0.05, 0.1) is 29.0 Å². The van der Waals surface area contributed by atoms with Crippen LogP contribution in [0.3, 0.4) is 0 Å². The van der Waals surface area contributed by atoms with E-state index in [0.29, 0.717) is 17.7 Å². The Kier molecular flexibility index (Phi) is 6.49. The second-order valence-corrected chi connectivity index (χ2v) is 9.92. The van der Waals surface area contributed by atoms with Gasteiger partial charge < -0.3 is 16.4 Å².